The molecule has 1 amide bonds. The molecule has 0 rings (SSSR count). The largest absolute Gasteiger partial charge is 0.340 e. The Morgan fingerprint density at radius 3 is 1.93 bits per heavy atom. The number of hydrogen-bond donors (Lipinski definition) is 0. The van der Waals surface area contributed by atoms with E-state index in [1.54, 1.807) is 0 Å². The number of nitrogens with zero attached hydrogens (tertiary/aromatic N) is 1. The zero-order valence-electron chi connectivity index (χ0n) is 10.6. The lowest BCUT2D eigenvalue weighted by atomic mass is 9.86. The van der Waals surface area contributed by atoms with Gasteiger partial charge in [-0.1, -0.05) is 27.2 Å². The summed E-state index contributed by atoms with van der Waals surface area (Å²) in [5.41, 5.74) is 0.290. The first kappa shape index (κ1) is 13.5. The van der Waals surface area contributed by atoms with Crippen LogP contribution in [-0.2, 0) is 4.79 Å². The molecule has 84 valence electrons. The molecule has 0 bridgehead atoms. The summed E-state index contributed by atoms with van der Waals surface area (Å²) in [6.07, 6.45) is 3.19. The van der Waals surface area contributed by atoms with Crippen LogP contribution in [0.5, 0.6) is 0 Å². The molecule has 0 fully saturated rings. The molecule has 0 aromatic heterocycles. The fourth-order valence-electron chi connectivity index (χ4n) is 1.15. The highest BCUT2D eigenvalue weighted by Gasteiger charge is 2.22. The van der Waals surface area contributed by atoms with Gasteiger partial charge in [0, 0.05) is 12.1 Å². The Bertz CT molecular complexity index is 179. The Hall–Kier alpha value is -0.530. The van der Waals surface area contributed by atoms with Crippen molar-refractivity contribution in [3.63, 3.8) is 0 Å². The van der Waals surface area contributed by atoms with Gasteiger partial charge >= 0.3 is 0 Å². The molecule has 0 radical (unpaired) electrons. The third kappa shape index (κ3) is 4.64. The van der Waals surface area contributed by atoms with Crippen LogP contribution in [0, 0.1) is 5.41 Å². The maximum absolute atomic E-state index is 10.9. The summed E-state index contributed by atoms with van der Waals surface area (Å²) in [4.78, 5) is 12.8. The van der Waals surface area contributed by atoms with Crippen LogP contribution in [-0.4, -0.2) is 23.4 Å². The fraction of sp³-hybridized carbons (Fsp3) is 0.917. The van der Waals surface area contributed by atoms with Gasteiger partial charge in [-0.25, -0.2) is 0 Å². The van der Waals surface area contributed by atoms with Gasteiger partial charge in [0.25, 0.3) is 0 Å². The minimum Gasteiger partial charge on any atom is -0.340 e. The molecule has 0 saturated heterocycles. The second-order valence-corrected chi connectivity index (χ2v) is 5.74. The van der Waals surface area contributed by atoms with E-state index in [0.29, 0.717) is 5.41 Å². The van der Waals surface area contributed by atoms with E-state index < -0.39 is 0 Å². The number of amides is 1. The van der Waals surface area contributed by atoms with Gasteiger partial charge in [0.1, 0.15) is 0 Å². The van der Waals surface area contributed by atoms with Gasteiger partial charge in [-0.3, -0.25) is 4.79 Å². The van der Waals surface area contributed by atoms with Crippen molar-refractivity contribution in [1.29, 1.82) is 0 Å². The van der Waals surface area contributed by atoms with Crippen LogP contribution >= 0.6 is 0 Å². The van der Waals surface area contributed by atoms with E-state index in [-0.39, 0.29) is 5.54 Å². The van der Waals surface area contributed by atoms with Crippen LogP contribution < -0.4 is 0 Å². The first-order valence-electron chi connectivity index (χ1n) is 5.45. The van der Waals surface area contributed by atoms with Gasteiger partial charge in [-0.05, 0) is 32.6 Å². The molecule has 2 nitrogen and oxygen atoms in total. The summed E-state index contributed by atoms with van der Waals surface area (Å²) in [7, 11) is 0. The lowest BCUT2D eigenvalue weighted by Crippen LogP contribution is -2.42. The molecule has 0 spiro atoms. The molecule has 0 N–H and O–H groups in total. The van der Waals surface area contributed by atoms with E-state index in [0.717, 1.165) is 25.8 Å². The third-order valence-corrected chi connectivity index (χ3v) is 2.98. The van der Waals surface area contributed by atoms with Crippen molar-refractivity contribution in [2.24, 2.45) is 5.41 Å². The number of rotatable bonds is 5. The lowest BCUT2D eigenvalue weighted by Gasteiger charge is -2.35. The highest BCUT2D eigenvalue weighted by Crippen LogP contribution is 2.25. The van der Waals surface area contributed by atoms with Crippen molar-refractivity contribution >= 4 is 6.41 Å². The molecule has 2 heteroatoms. The Kier molecular flexibility index (Phi) is 4.63. The zero-order valence-corrected chi connectivity index (χ0v) is 10.6. The number of carbonyl (C=O) groups is 1. The number of carbonyl (C=O) groups excluding carboxylic acids is 1. The van der Waals surface area contributed by atoms with Crippen molar-refractivity contribution in [2.75, 3.05) is 6.54 Å². The predicted octanol–water partition coefficient (Wildman–Crippen LogP) is 3.07. The Balaban J connectivity index is 4.16. The van der Waals surface area contributed by atoms with Crippen LogP contribution in [0.25, 0.3) is 0 Å². The second kappa shape index (κ2) is 4.81. The van der Waals surface area contributed by atoms with Crippen LogP contribution in [0.2, 0.25) is 0 Å². The fourth-order valence-corrected chi connectivity index (χ4v) is 1.15. The van der Waals surface area contributed by atoms with Gasteiger partial charge in [-0.2, -0.15) is 0 Å². The van der Waals surface area contributed by atoms with E-state index in [4.69, 9.17) is 0 Å². The normalized spacial score (nSPS) is 12.7. The van der Waals surface area contributed by atoms with E-state index in [1.165, 1.54) is 0 Å². The van der Waals surface area contributed by atoms with Crippen molar-refractivity contribution < 1.29 is 4.79 Å². The summed E-state index contributed by atoms with van der Waals surface area (Å²) in [5.74, 6) is 0. The third-order valence-electron chi connectivity index (χ3n) is 2.98. The Morgan fingerprint density at radius 1 is 1.14 bits per heavy atom. The average molecular weight is 199 g/mol. The molecule has 14 heavy (non-hydrogen) atoms. The summed E-state index contributed by atoms with van der Waals surface area (Å²) >= 11 is 0. The maximum Gasteiger partial charge on any atom is 0.210 e. The summed E-state index contributed by atoms with van der Waals surface area (Å²) in [5, 5.41) is 0. The van der Waals surface area contributed by atoms with Crippen LogP contribution in [0.3, 0.4) is 0 Å². The van der Waals surface area contributed by atoms with Crippen molar-refractivity contribution in [3.8, 4) is 0 Å². The van der Waals surface area contributed by atoms with Gasteiger partial charge in [0.2, 0.25) is 6.41 Å². The topological polar surface area (TPSA) is 20.3 Å². The van der Waals surface area contributed by atoms with Crippen molar-refractivity contribution in [2.45, 2.75) is 59.9 Å². The molecule has 0 saturated carbocycles. The number of hydrogen-bond acceptors (Lipinski definition) is 1. The Morgan fingerprint density at radius 2 is 1.64 bits per heavy atom. The molecule has 0 atom stereocenters. The monoisotopic (exact) mass is 199 g/mol. The highest BCUT2D eigenvalue weighted by atomic mass is 16.1. The van der Waals surface area contributed by atoms with Gasteiger partial charge in [0.15, 0.2) is 0 Å². The summed E-state index contributed by atoms with van der Waals surface area (Å²) < 4.78 is 0. The first-order valence-corrected chi connectivity index (χ1v) is 5.45. The molecule has 0 aliphatic carbocycles. The highest BCUT2D eigenvalue weighted by molar-refractivity contribution is 5.48. The van der Waals surface area contributed by atoms with Crippen LogP contribution in [0.4, 0.5) is 0 Å². The predicted molar refractivity (Wildman–Crippen MR) is 61.2 cm³/mol. The minimum absolute atomic E-state index is 0.0500. The van der Waals surface area contributed by atoms with E-state index in [2.05, 4.69) is 41.5 Å². The molecule has 0 heterocycles. The van der Waals surface area contributed by atoms with Crippen molar-refractivity contribution in [1.82, 2.24) is 4.90 Å². The molecular formula is C12H25NO. The minimum atomic E-state index is -0.0500. The van der Waals surface area contributed by atoms with Gasteiger partial charge < -0.3 is 4.90 Å². The van der Waals surface area contributed by atoms with E-state index in [1.807, 2.05) is 4.90 Å². The summed E-state index contributed by atoms with van der Waals surface area (Å²) in [6.45, 7) is 13.8. The molecule has 0 aliphatic heterocycles. The van der Waals surface area contributed by atoms with Crippen LogP contribution in [0.1, 0.15) is 54.4 Å². The standard InChI is InChI=1S/C12H25NO/c1-7-12(5,6)8-9-13(10-14)11(2,3)4/h10H,7-9H2,1-6H3. The summed E-state index contributed by atoms with van der Waals surface area (Å²) in [6, 6.07) is 0. The first-order chi connectivity index (χ1) is 6.23. The van der Waals surface area contributed by atoms with E-state index >= 15 is 0 Å². The molecule has 0 aliphatic rings. The van der Waals surface area contributed by atoms with Gasteiger partial charge in [-0.15, -0.1) is 0 Å². The molecular weight excluding hydrogens is 174 g/mol. The quantitative estimate of drug-likeness (QED) is 0.623. The SMILES string of the molecule is CCC(C)(C)CCN(C=O)C(C)(C)C. The molecule has 0 unspecified atom stereocenters. The molecule has 0 aromatic rings. The van der Waals surface area contributed by atoms with Gasteiger partial charge in [0.05, 0.1) is 0 Å². The average Bonchev–Trinajstić information content (AvgIpc) is 2.03. The van der Waals surface area contributed by atoms with Crippen LogP contribution in [0.15, 0.2) is 0 Å². The maximum atomic E-state index is 10.9. The molecule has 0 aromatic carbocycles. The lowest BCUT2D eigenvalue weighted by molar-refractivity contribution is -0.122. The van der Waals surface area contributed by atoms with Crippen molar-refractivity contribution in [3.05, 3.63) is 0 Å². The second-order valence-electron chi connectivity index (χ2n) is 5.74. The Labute approximate surface area is 88.7 Å². The zero-order chi connectivity index (χ0) is 11.4. The van der Waals surface area contributed by atoms with E-state index in [9.17, 15) is 4.79 Å². The smallest absolute Gasteiger partial charge is 0.210 e.